The van der Waals surface area contributed by atoms with Crippen molar-refractivity contribution in [2.75, 3.05) is 6.54 Å². The van der Waals surface area contributed by atoms with Crippen LogP contribution in [0.15, 0.2) is 97.2 Å². The molecule has 1 aromatic heterocycles. The number of carboxylic acids is 1. The molecule has 0 aliphatic carbocycles. The molecule has 0 saturated heterocycles. The summed E-state index contributed by atoms with van der Waals surface area (Å²) < 4.78 is 7.95. The summed E-state index contributed by atoms with van der Waals surface area (Å²) in [6, 6.07) is 25.4. The van der Waals surface area contributed by atoms with Gasteiger partial charge in [-0.3, -0.25) is 4.79 Å². The minimum Gasteiger partial charge on any atom is -0.489 e. The van der Waals surface area contributed by atoms with Crippen molar-refractivity contribution in [1.82, 2.24) is 9.88 Å². The van der Waals surface area contributed by atoms with Crippen LogP contribution >= 0.6 is 0 Å². The number of aliphatic carboxylic acids is 1. The lowest BCUT2D eigenvalue weighted by Gasteiger charge is -2.16. The van der Waals surface area contributed by atoms with Gasteiger partial charge in [-0.1, -0.05) is 66.7 Å². The Bertz CT molecular complexity index is 1340. The third-order valence-corrected chi connectivity index (χ3v) is 6.09. The van der Waals surface area contributed by atoms with E-state index in [1.54, 1.807) is 6.08 Å². The molecule has 1 atom stereocenters. The van der Waals surface area contributed by atoms with Gasteiger partial charge in [-0.2, -0.15) is 0 Å². The highest BCUT2D eigenvalue weighted by Gasteiger charge is 2.19. The van der Waals surface area contributed by atoms with Gasteiger partial charge in [0, 0.05) is 29.7 Å². The first-order valence-electron chi connectivity index (χ1n) is 12.0. The standard InChI is InChI=1S/C30H30N2O4/c1-22(30(35)31-18-17-23-9-4-2-5-10-23)32-20-25(13-8-14-29(33)34)27-19-26(15-16-28(27)32)36-21-24-11-6-3-7-12-24/h2-12,14-16,19-20,22H,13,17-18,21H2,1H3,(H,31,35)(H,33,34). The first-order chi connectivity index (χ1) is 17.5. The van der Waals surface area contributed by atoms with Gasteiger partial charge in [-0.05, 0) is 54.7 Å². The zero-order chi connectivity index (χ0) is 25.3. The summed E-state index contributed by atoms with van der Waals surface area (Å²) in [6.45, 7) is 2.87. The van der Waals surface area contributed by atoms with E-state index in [4.69, 9.17) is 9.84 Å². The van der Waals surface area contributed by atoms with Crippen molar-refractivity contribution >= 4 is 22.8 Å². The van der Waals surface area contributed by atoms with Crippen LogP contribution in [0.5, 0.6) is 5.75 Å². The van der Waals surface area contributed by atoms with Gasteiger partial charge < -0.3 is 19.7 Å². The fraction of sp³-hybridized carbons (Fsp3) is 0.200. The third kappa shape index (κ3) is 6.42. The molecule has 0 aliphatic heterocycles. The molecule has 0 spiro atoms. The molecule has 4 aromatic rings. The number of carbonyl (C=O) groups excluding carboxylic acids is 1. The van der Waals surface area contributed by atoms with Crippen LogP contribution in [-0.2, 0) is 29.0 Å². The Morgan fingerprint density at radius 2 is 1.69 bits per heavy atom. The van der Waals surface area contributed by atoms with Crippen molar-refractivity contribution in [3.63, 3.8) is 0 Å². The van der Waals surface area contributed by atoms with Crippen molar-refractivity contribution in [1.29, 1.82) is 0 Å². The van der Waals surface area contributed by atoms with E-state index in [2.05, 4.69) is 5.32 Å². The molecule has 4 rings (SSSR count). The molecule has 36 heavy (non-hydrogen) atoms. The number of hydrogen-bond donors (Lipinski definition) is 2. The summed E-state index contributed by atoms with van der Waals surface area (Å²) >= 11 is 0. The van der Waals surface area contributed by atoms with Crippen LogP contribution in [0.3, 0.4) is 0 Å². The number of allylic oxidation sites excluding steroid dienone is 1. The molecular weight excluding hydrogens is 452 g/mol. The number of nitrogens with one attached hydrogen (secondary N) is 1. The molecule has 2 N–H and O–H groups in total. The summed E-state index contributed by atoms with van der Waals surface area (Å²) in [5, 5.41) is 13.0. The number of ether oxygens (including phenoxy) is 1. The maximum absolute atomic E-state index is 13.0. The van der Waals surface area contributed by atoms with Gasteiger partial charge in [0.05, 0.1) is 0 Å². The van der Waals surface area contributed by atoms with Crippen molar-refractivity contribution in [2.45, 2.75) is 32.4 Å². The van der Waals surface area contributed by atoms with Gasteiger partial charge in [-0.15, -0.1) is 0 Å². The van der Waals surface area contributed by atoms with Gasteiger partial charge in [0.1, 0.15) is 18.4 Å². The SMILES string of the molecule is CC(C(=O)NCCc1ccccc1)n1cc(CC=CC(=O)O)c2cc(OCc3ccccc3)ccc21. The van der Waals surface area contributed by atoms with Gasteiger partial charge in [-0.25, -0.2) is 4.79 Å². The summed E-state index contributed by atoms with van der Waals surface area (Å²) in [7, 11) is 0. The fourth-order valence-corrected chi connectivity index (χ4v) is 4.15. The molecule has 3 aromatic carbocycles. The number of benzene rings is 3. The number of aromatic nitrogens is 1. The first-order valence-corrected chi connectivity index (χ1v) is 12.0. The summed E-state index contributed by atoms with van der Waals surface area (Å²) in [6.07, 6.45) is 5.88. The quantitative estimate of drug-likeness (QED) is 0.284. The minimum absolute atomic E-state index is 0.0696. The highest BCUT2D eigenvalue weighted by molar-refractivity contribution is 5.89. The Morgan fingerprint density at radius 3 is 2.39 bits per heavy atom. The third-order valence-electron chi connectivity index (χ3n) is 6.09. The van der Waals surface area contributed by atoms with E-state index in [1.807, 2.05) is 96.6 Å². The molecule has 1 amide bonds. The highest BCUT2D eigenvalue weighted by atomic mass is 16.5. The number of rotatable bonds is 11. The van der Waals surface area contributed by atoms with Crippen LogP contribution in [0.25, 0.3) is 10.9 Å². The molecule has 6 heteroatoms. The van der Waals surface area contributed by atoms with Crippen LogP contribution in [0.4, 0.5) is 0 Å². The normalized spacial score (nSPS) is 12.0. The molecule has 1 heterocycles. The van der Waals surface area contributed by atoms with E-state index in [-0.39, 0.29) is 5.91 Å². The number of carbonyl (C=O) groups is 2. The van der Waals surface area contributed by atoms with Gasteiger partial charge in [0.2, 0.25) is 5.91 Å². The van der Waals surface area contributed by atoms with Crippen LogP contribution in [0, 0.1) is 0 Å². The largest absolute Gasteiger partial charge is 0.489 e. The lowest BCUT2D eigenvalue weighted by atomic mass is 10.1. The van der Waals surface area contributed by atoms with Gasteiger partial charge >= 0.3 is 5.97 Å². The van der Waals surface area contributed by atoms with Crippen LogP contribution in [-0.4, -0.2) is 28.1 Å². The summed E-state index contributed by atoms with van der Waals surface area (Å²) in [4.78, 5) is 23.9. The first kappa shape index (κ1) is 24.8. The highest BCUT2D eigenvalue weighted by Crippen LogP contribution is 2.29. The summed E-state index contributed by atoms with van der Waals surface area (Å²) in [5.74, 6) is -0.343. The molecule has 6 nitrogen and oxygen atoms in total. The monoisotopic (exact) mass is 482 g/mol. The molecule has 184 valence electrons. The van der Waals surface area contributed by atoms with E-state index < -0.39 is 12.0 Å². The number of amides is 1. The summed E-state index contributed by atoms with van der Waals surface area (Å²) in [5.41, 5.74) is 4.07. The Kier molecular flexibility index (Phi) is 8.19. The lowest BCUT2D eigenvalue weighted by Crippen LogP contribution is -2.32. The average Bonchev–Trinajstić information content (AvgIpc) is 3.25. The Balaban J connectivity index is 1.53. The topological polar surface area (TPSA) is 80.6 Å². The average molecular weight is 483 g/mol. The van der Waals surface area contributed by atoms with Crippen molar-refractivity contribution in [2.24, 2.45) is 0 Å². The number of hydrogen-bond acceptors (Lipinski definition) is 3. The zero-order valence-corrected chi connectivity index (χ0v) is 20.3. The van der Waals surface area contributed by atoms with E-state index >= 15 is 0 Å². The van der Waals surface area contributed by atoms with E-state index in [1.165, 1.54) is 5.56 Å². The molecule has 1 unspecified atom stereocenters. The second-order valence-corrected chi connectivity index (χ2v) is 8.66. The molecule has 0 aliphatic rings. The second-order valence-electron chi connectivity index (χ2n) is 8.66. The maximum Gasteiger partial charge on any atom is 0.327 e. The van der Waals surface area contributed by atoms with Gasteiger partial charge in [0.25, 0.3) is 0 Å². The van der Waals surface area contributed by atoms with Crippen molar-refractivity contribution in [3.8, 4) is 5.75 Å². The van der Waals surface area contributed by atoms with Crippen LogP contribution in [0.1, 0.15) is 29.7 Å². The molecule has 0 fully saturated rings. The van der Waals surface area contributed by atoms with Gasteiger partial charge in [0.15, 0.2) is 0 Å². The minimum atomic E-state index is -0.989. The molecular formula is C30H30N2O4. The van der Waals surface area contributed by atoms with E-state index in [0.717, 1.165) is 34.5 Å². The number of fused-ring (bicyclic) bond motifs is 1. The Hall–Kier alpha value is -4.32. The van der Waals surface area contributed by atoms with Crippen molar-refractivity contribution in [3.05, 3.63) is 114 Å². The molecule has 0 radical (unpaired) electrons. The van der Waals surface area contributed by atoms with E-state index in [0.29, 0.717) is 25.3 Å². The predicted octanol–water partition coefficient (Wildman–Crippen LogP) is 5.32. The predicted molar refractivity (Wildman–Crippen MR) is 141 cm³/mol. The number of nitrogens with zero attached hydrogens (tertiary/aromatic N) is 1. The zero-order valence-electron chi connectivity index (χ0n) is 20.3. The second kappa shape index (κ2) is 11.9. The number of carboxylic acid groups (broad SMARTS) is 1. The van der Waals surface area contributed by atoms with Crippen LogP contribution in [0.2, 0.25) is 0 Å². The van der Waals surface area contributed by atoms with Crippen molar-refractivity contribution < 1.29 is 19.4 Å². The van der Waals surface area contributed by atoms with Crippen LogP contribution < -0.4 is 10.1 Å². The Morgan fingerprint density at radius 1 is 1.00 bits per heavy atom. The smallest absolute Gasteiger partial charge is 0.327 e. The molecule has 0 saturated carbocycles. The Labute approximate surface area is 210 Å². The maximum atomic E-state index is 13.0. The molecule has 0 bridgehead atoms. The fourth-order valence-electron chi connectivity index (χ4n) is 4.15. The lowest BCUT2D eigenvalue weighted by molar-refractivity contribution is -0.131. The van der Waals surface area contributed by atoms with E-state index in [9.17, 15) is 9.59 Å².